The van der Waals surface area contributed by atoms with E-state index in [0.29, 0.717) is 4.90 Å². The van der Waals surface area contributed by atoms with Crippen molar-refractivity contribution in [1.82, 2.24) is 4.90 Å². The monoisotopic (exact) mass is 294 g/mol. The Bertz CT molecular complexity index is 515. The number of amides is 2. The number of carbonyl (C=O) groups excluding carboxylic acids is 2. The average Bonchev–Trinajstić information content (AvgIpc) is 2.45. The molecule has 3 N–H and O–H groups in total. The molecule has 0 spiro atoms. The number of nitrogens with zero attached hydrogens (tertiary/aromatic N) is 1. The lowest BCUT2D eigenvalue weighted by Crippen LogP contribution is -2.52. The first-order valence-corrected chi connectivity index (χ1v) is 6.36. The smallest absolute Gasteiger partial charge is 0.417 e. The van der Waals surface area contributed by atoms with Crippen molar-refractivity contribution in [3.05, 3.63) is 35.9 Å². The predicted molar refractivity (Wildman–Crippen MR) is 74.2 cm³/mol. The lowest BCUT2D eigenvalue weighted by molar-refractivity contribution is -0.148. The minimum absolute atomic E-state index is 0.0608. The molecule has 1 rings (SSSR count). The molecule has 0 unspecified atom stereocenters. The molecule has 0 radical (unpaired) electrons. The van der Waals surface area contributed by atoms with E-state index in [0.717, 1.165) is 5.56 Å². The van der Waals surface area contributed by atoms with Crippen molar-refractivity contribution in [1.29, 1.82) is 0 Å². The van der Waals surface area contributed by atoms with Crippen LogP contribution in [0.5, 0.6) is 0 Å². The SMILES string of the molecule is C[C@H](N)C(=O)N(C(=O)OCc1ccccc1)[C@@H](C)C(=O)O. The lowest BCUT2D eigenvalue weighted by atomic mass is 10.2. The van der Waals surface area contributed by atoms with Crippen LogP contribution < -0.4 is 5.73 Å². The number of hydrogen-bond donors (Lipinski definition) is 2. The molecule has 0 fully saturated rings. The van der Waals surface area contributed by atoms with E-state index in [9.17, 15) is 14.4 Å². The van der Waals surface area contributed by atoms with Gasteiger partial charge in [-0.2, -0.15) is 0 Å². The van der Waals surface area contributed by atoms with Crippen LogP contribution in [0, 0.1) is 0 Å². The third-order valence-electron chi connectivity index (χ3n) is 2.77. The summed E-state index contributed by atoms with van der Waals surface area (Å²) >= 11 is 0. The fourth-order valence-electron chi connectivity index (χ4n) is 1.56. The molecule has 2 atom stereocenters. The van der Waals surface area contributed by atoms with Crippen LogP contribution in [0.2, 0.25) is 0 Å². The number of hydrogen-bond acceptors (Lipinski definition) is 5. The Kier molecular flexibility index (Phi) is 5.86. The van der Waals surface area contributed by atoms with Crippen LogP contribution in [0.4, 0.5) is 4.79 Å². The normalized spacial score (nSPS) is 13.1. The Morgan fingerprint density at radius 2 is 1.81 bits per heavy atom. The number of rotatable bonds is 5. The summed E-state index contributed by atoms with van der Waals surface area (Å²) in [5.41, 5.74) is 6.15. The van der Waals surface area contributed by atoms with Crippen LogP contribution in [0.25, 0.3) is 0 Å². The summed E-state index contributed by atoms with van der Waals surface area (Å²) in [6.45, 7) is 2.52. The van der Waals surface area contributed by atoms with E-state index in [1.807, 2.05) is 6.07 Å². The second-order valence-corrected chi connectivity index (χ2v) is 4.55. The van der Waals surface area contributed by atoms with Crippen molar-refractivity contribution in [3.63, 3.8) is 0 Å². The van der Waals surface area contributed by atoms with Crippen molar-refractivity contribution < 1.29 is 24.2 Å². The fourth-order valence-corrected chi connectivity index (χ4v) is 1.56. The summed E-state index contributed by atoms with van der Waals surface area (Å²) in [4.78, 5) is 35.4. The Morgan fingerprint density at radius 1 is 1.24 bits per heavy atom. The topological polar surface area (TPSA) is 110 Å². The highest BCUT2D eigenvalue weighted by molar-refractivity contribution is 5.98. The molecule has 2 amide bonds. The molecular weight excluding hydrogens is 276 g/mol. The van der Waals surface area contributed by atoms with Crippen molar-refractivity contribution in [2.45, 2.75) is 32.5 Å². The van der Waals surface area contributed by atoms with E-state index in [1.54, 1.807) is 24.3 Å². The van der Waals surface area contributed by atoms with Gasteiger partial charge in [-0.05, 0) is 19.4 Å². The number of benzene rings is 1. The van der Waals surface area contributed by atoms with Gasteiger partial charge in [0.25, 0.3) is 0 Å². The molecule has 0 bridgehead atoms. The van der Waals surface area contributed by atoms with Crippen LogP contribution in [-0.4, -0.2) is 40.1 Å². The first kappa shape index (κ1) is 16.6. The van der Waals surface area contributed by atoms with E-state index >= 15 is 0 Å². The maximum Gasteiger partial charge on any atom is 0.417 e. The van der Waals surface area contributed by atoms with E-state index in [2.05, 4.69) is 0 Å². The summed E-state index contributed by atoms with van der Waals surface area (Å²) < 4.78 is 4.98. The van der Waals surface area contributed by atoms with Crippen LogP contribution in [0.15, 0.2) is 30.3 Å². The van der Waals surface area contributed by atoms with Crippen molar-refractivity contribution in [2.75, 3.05) is 0 Å². The molecule has 0 saturated carbocycles. The summed E-state index contributed by atoms with van der Waals surface area (Å²) in [6, 6.07) is 6.48. The van der Waals surface area contributed by atoms with Gasteiger partial charge in [0.1, 0.15) is 12.6 Å². The van der Waals surface area contributed by atoms with Crippen molar-refractivity contribution in [2.24, 2.45) is 5.73 Å². The Morgan fingerprint density at radius 3 is 2.29 bits per heavy atom. The quantitative estimate of drug-likeness (QED) is 0.837. The third kappa shape index (κ3) is 4.57. The standard InChI is InChI=1S/C14H18N2O5/c1-9(15)12(17)16(10(2)13(18)19)14(20)21-8-11-6-4-3-5-7-11/h3-7,9-10H,8,15H2,1-2H3,(H,18,19)/t9-,10-/m0/s1. The molecule has 0 aliphatic heterocycles. The van der Waals surface area contributed by atoms with Crippen LogP contribution in [-0.2, 0) is 20.9 Å². The molecule has 1 aromatic rings. The highest BCUT2D eigenvalue weighted by Gasteiger charge is 2.34. The second kappa shape index (κ2) is 7.39. The van der Waals surface area contributed by atoms with Gasteiger partial charge in [-0.25, -0.2) is 14.5 Å². The summed E-state index contributed by atoms with van der Waals surface area (Å²) in [6.07, 6.45) is -1.03. The number of nitrogens with two attached hydrogens (primary N) is 1. The zero-order valence-corrected chi connectivity index (χ0v) is 11.9. The fraction of sp³-hybridized carbons (Fsp3) is 0.357. The molecule has 0 heterocycles. The highest BCUT2D eigenvalue weighted by Crippen LogP contribution is 2.08. The number of imide groups is 1. The maximum atomic E-state index is 12.0. The second-order valence-electron chi connectivity index (χ2n) is 4.55. The molecule has 0 aliphatic carbocycles. The summed E-state index contributed by atoms with van der Waals surface area (Å²) in [5.74, 6) is -2.12. The summed E-state index contributed by atoms with van der Waals surface area (Å²) in [7, 11) is 0. The Balaban J connectivity index is 2.80. The molecule has 7 heteroatoms. The molecule has 1 aromatic carbocycles. The number of carbonyl (C=O) groups is 3. The molecule has 0 saturated heterocycles. The first-order valence-electron chi connectivity index (χ1n) is 6.36. The van der Waals surface area contributed by atoms with Gasteiger partial charge < -0.3 is 15.6 Å². The van der Waals surface area contributed by atoms with Crippen LogP contribution >= 0.6 is 0 Å². The lowest BCUT2D eigenvalue weighted by Gasteiger charge is -2.25. The first-order chi connectivity index (χ1) is 9.84. The molecule has 0 aliphatic rings. The minimum Gasteiger partial charge on any atom is -0.480 e. The number of aliphatic carboxylic acids is 1. The van der Waals surface area contributed by atoms with Crippen molar-refractivity contribution >= 4 is 18.0 Å². The zero-order chi connectivity index (χ0) is 16.0. The largest absolute Gasteiger partial charge is 0.480 e. The van der Waals surface area contributed by atoms with Gasteiger partial charge in [-0.3, -0.25) is 4.79 Å². The average molecular weight is 294 g/mol. The Hall–Kier alpha value is -2.41. The van der Waals surface area contributed by atoms with Gasteiger partial charge in [-0.15, -0.1) is 0 Å². The summed E-state index contributed by atoms with van der Waals surface area (Å²) in [5, 5.41) is 8.97. The third-order valence-corrected chi connectivity index (χ3v) is 2.77. The predicted octanol–water partition coefficient (Wildman–Crippen LogP) is 0.972. The van der Waals surface area contributed by atoms with Gasteiger partial charge in [0.15, 0.2) is 0 Å². The zero-order valence-electron chi connectivity index (χ0n) is 11.9. The number of ether oxygens (including phenoxy) is 1. The van der Waals surface area contributed by atoms with Gasteiger partial charge in [-0.1, -0.05) is 30.3 Å². The number of carboxylic acids is 1. The van der Waals surface area contributed by atoms with E-state index in [1.165, 1.54) is 13.8 Å². The molecule has 7 nitrogen and oxygen atoms in total. The van der Waals surface area contributed by atoms with Gasteiger partial charge in [0, 0.05) is 0 Å². The minimum atomic E-state index is -1.35. The molecule has 21 heavy (non-hydrogen) atoms. The van der Waals surface area contributed by atoms with Crippen LogP contribution in [0.1, 0.15) is 19.4 Å². The van der Waals surface area contributed by atoms with E-state index in [-0.39, 0.29) is 6.61 Å². The van der Waals surface area contributed by atoms with Crippen molar-refractivity contribution in [3.8, 4) is 0 Å². The highest BCUT2D eigenvalue weighted by atomic mass is 16.6. The van der Waals surface area contributed by atoms with E-state index < -0.39 is 30.1 Å². The maximum absolute atomic E-state index is 12.0. The molecule has 114 valence electrons. The van der Waals surface area contributed by atoms with Gasteiger partial charge in [0.2, 0.25) is 5.91 Å². The molecular formula is C14H18N2O5. The Labute approximate surface area is 122 Å². The van der Waals surface area contributed by atoms with Gasteiger partial charge >= 0.3 is 12.1 Å². The van der Waals surface area contributed by atoms with Gasteiger partial charge in [0.05, 0.1) is 6.04 Å². The molecule has 0 aromatic heterocycles. The van der Waals surface area contributed by atoms with E-state index in [4.69, 9.17) is 15.6 Å². The van der Waals surface area contributed by atoms with Crippen LogP contribution in [0.3, 0.4) is 0 Å². The number of carboxylic acid groups (broad SMARTS) is 1.